The Morgan fingerprint density at radius 3 is 2.59 bits per heavy atom. The van der Waals surface area contributed by atoms with Gasteiger partial charge < -0.3 is 15.0 Å². The summed E-state index contributed by atoms with van der Waals surface area (Å²) in [6, 6.07) is 6.16. The fourth-order valence-electron chi connectivity index (χ4n) is 3.91. The Bertz CT molecular complexity index is 882. The summed E-state index contributed by atoms with van der Waals surface area (Å²) in [4.78, 5) is 26.7. The highest BCUT2D eigenvalue weighted by molar-refractivity contribution is 7.15. The second kappa shape index (κ2) is 9.55. The SMILES string of the molecule is CCOC(=O)c1c(-c2ccc(C)cc2C)csc1NC(=O)C[NH+]1CCC(C)CC1. The van der Waals surface area contributed by atoms with E-state index in [4.69, 9.17) is 4.74 Å². The normalized spacial score (nSPS) is 19.0. The maximum Gasteiger partial charge on any atom is 0.341 e. The summed E-state index contributed by atoms with van der Waals surface area (Å²) in [5, 5.41) is 5.50. The summed E-state index contributed by atoms with van der Waals surface area (Å²) in [6.45, 7) is 10.9. The van der Waals surface area contributed by atoms with Gasteiger partial charge in [0.05, 0.1) is 19.7 Å². The second-order valence-corrected chi connectivity index (χ2v) is 8.93. The smallest absolute Gasteiger partial charge is 0.341 e. The molecule has 6 heteroatoms. The van der Waals surface area contributed by atoms with E-state index < -0.39 is 5.97 Å². The van der Waals surface area contributed by atoms with Gasteiger partial charge in [0.15, 0.2) is 6.54 Å². The molecule has 0 spiro atoms. The first kappa shape index (κ1) is 21.5. The number of carbonyl (C=O) groups is 2. The lowest BCUT2D eigenvalue weighted by molar-refractivity contribution is -0.897. The molecular weight excluding hydrogens is 384 g/mol. The molecule has 1 saturated heterocycles. The van der Waals surface area contributed by atoms with Gasteiger partial charge in [0.2, 0.25) is 0 Å². The molecule has 1 aromatic carbocycles. The van der Waals surface area contributed by atoms with Crippen LogP contribution in [0.15, 0.2) is 23.6 Å². The first-order valence-electron chi connectivity index (χ1n) is 10.4. The molecule has 0 saturated carbocycles. The van der Waals surface area contributed by atoms with Crippen molar-refractivity contribution < 1.29 is 19.2 Å². The zero-order valence-corrected chi connectivity index (χ0v) is 18.6. The molecule has 3 rings (SSSR count). The third-order valence-corrected chi connectivity index (χ3v) is 6.48. The van der Waals surface area contributed by atoms with E-state index in [9.17, 15) is 9.59 Å². The number of ether oxygens (including phenoxy) is 1. The monoisotopic (exact) mass is 415 g/mol. The van der Waals surface area contributed by atoms with E-state index in [1.807, 2.05) is 31.4 Å². The van der Waals surface area contributed by atoms with Gasteiger partial charge in [-0.2, -0.15) is 0 Å². The van der Waals surface area contributed by atoms with Crippen LogP contribution in [0.2, 0.25) is 0 Å². The Morgan fingerprint density at radius 2 is 1.93 bits per heavy atom. The van der Waals surface area contributed by atoms with Gasteiger partial charge >= 0.3 is 5.97 Å². The third-order valence-electron chi connectivity index (χ3n) is 5.59. The number of esters is 1. The maximum absolute atomic E-state index is 12.7. The highest BCUT2D eigenvalue weighted by Gasteiger charge is 2.26. The van der Waals surface area contributed by atoms with Crippen LogP contribution in [0, 0.1) is 19.8 Å². The van der Waals surface area contributed by atoms with Crippen molar-refractivity contribution in [2.75, 3.05) is 31.6 Å². The van der Waals surface area contributed by atoms with Crippen molar-refractivity contribution in [3.63, 3.8) is 0 Å². The van der Waals surface area contributed by atoms with Crippen LogP contribution in [0.3, 0.4) is 0 Å². The Kier molecular flexibility index (Phi) is 7.09. The van der Waals surface area contributed by atoms with Gasteiger partial charge in [-0.3, -0.25) is 4.79 Å². The lowest BCUT2D eigenvalue weighted by Gasteiger charge is -2.26. The molecule has 0 unspecified atom stereocenters. The largest absolute Gasteiger partial charge is 0.462 e. The van der Waals surface area contributed by atoms with Crippen molar-refractivity contribution in [3.05, 3.63) is 40.3 Å². The van der Waals surface area contributed by atoms with E-state index in [0.29, 0.717) is 23.7 Å². The lowest BCUT2D eigenvalue weighted by Crippen LogP contribution is -3.14. The lowest BCUT2D eigenvalue weighted by atomic mass is 9.97. The fraction of sp³-hybridized carbons (Fsp3) is 0.478. The molecule has 1 aliphatic rings. The molecule has 2 heterocycles. The maximum atomic E-state index is 12.7. The summed E-state index contributed by atoms with van der Waals surface area (Å²) in [5.74, 6) is 0.308. The van der Waals surface area contributed by atoms with Crippen molar-refractivity contribution in [3.8, 4) is 11.1 Å². The van der Waals surface area contributed by atoms with E-state index in [-0.39, 0.29) is 5.91 Å². The molecule has 1 aromatic heterocycles. The predicted molar refractivity (Wildman–Crippen MR) is 118 cm³/mol. The van der Waals surface area contributed by atoms with Crippen LogP contribution in [0.1, 0.15) is 48.2 Å². The molecule has 1 fully saturated rings. The zero-order chi connectivity index (χ0) is 21.0. The van der Waals surface area contributed by atoms with Gasteiger partial charge in [0, 0.05) is 10.9 Å². The molecule has 156 valence electrons. The summed E-state index contributed by atoms with van der Waals surface area (Å²) in [6.07, 6.45) is 2.32. The molecule has 2 N–H and O–H groups in total. The van der Waals surface area contributed by atoms with E-state index in [1.165, 1.54) is 21.8 Å². The summed E-state index contributed by atoms with van der Waals surface area (Å²) < 4.78 is 5.31. The number of benzene rings is 1. The first-order valence-corrected chi connectivity index (χ1v) is 11.3. The van der Waals surface area contributed by atoms with Crippen LogP contribution in [-0.4, -0.2) is 38.1 Å². The van der Waals surface area contributed by atoms with Crippen molar-refractivity contribution in [2.24, 2.45) is 5.92 Å². The molecule has 2 aromatic rings. The minimum absolute atomic E-state index is 0.0471. The van der Waals surface area contributed by atoms with Crippen LogP contribution in [0.5, 0.6) is 0 Å². The highest BCUT2D eigenvalue weighted by Crippen LogP contribution is 2.37. The number of quaternary nitrogens is 1. The molecule has 29 heavy (non-hydrogen) atoms. The molecule has 1 amide bonds. The van der Waals surface area contributed by atoms with E-state index in [1.54, 1.807) is 6.92 Å². The van der Waals surface area contributed by atoms with Crippen LogP contribution in [0.25, 0.3) is 11.1 Å². The van der Waals surface area contributed by atoms with Gasteiger partial charge in [-0.25, -0.2) is 4.79 Å². The molecule has 0 bridgehead atoms. The zero-order valence-electron chi connectivity index (χ0n) is 17.8. The first-order chi connectivity index (χ1) is 13.9. The van der Waals surface area contributed by atoms with Crippen molar-refractivity contribution in [2.45, 2.75) is 40.5 Å². The van der Waals surface area contributed by atoms with Gasteiger partial charge in [0.1, 0.15) is 10.6 Å². The number of likely N-dealkylation sites (tertiary alicyclic amines) is 1. The van der Waals surface area contributed by atoms with E-state index in [0.717, 1.165) is 48.5 Å². The van der Waals surface area contributed by atoms with Gasteiger partial charge in [-0.05, 0) is 50.7 Å². The van der Waals surface area contributed by atoms with E-state index >= 15 is 0 Å². The van der Waals surface area contributed by atoms with Gasteiger partial charge in [0.25, 0.3) is 5.91 Å². The summed E-state index contributed by atoms with van der Waals surface area (Å²) in [7, 11) is 0. The number of anilines is 1. The number of hydrogen-bond donors (Lipinski definition) is 2. The Hall–Kier alpha value is -2.18. The van der Waals surface area contributed by atoms with Crippen molar-refractivity contribution >= 4 is 28.2 Å². The number of amides is 1. The minimum atomic E-state index is -0.391. The molecule has 0 radical (unpaired) electrons. The van der Waals surface area contributed by atoms with Crippen molar-refractivity contribution in [1.29, 1.82) is 0 Å². The standard InChI is InChI=1S/C23H30N2O3S/c1-5-28-23(27)21-19(18-7-6-16(3)12-17(18)4)14-29-22(21)24-20(26)13-25-10-8-15(2)9-11-25/h6-7,12,14-15H,5,8-11,13H2,1-4H3,(H,24,26)/p+1. The molecule has 5 nitrogen and oxygen atoms in total. The van der Waals surface area contributed by atoms with Crippen LogP contribution in [-0.2, 0) is 9.53 Å². The van der Waals surface area contributed by atoms with Gasteiger partial charge in [-0.1, -0.05) is 30.7 Å². The molecule has 1 aliphatic heterocycles. The molecule has 0 aliphatic carbocycles. The number of aryl methyl sites for hydroxylation is 2. The minimum Gasteiger partial charge on any atom is -0.462 e. The third kappa shape index (κ3) is 5.25. The number of thiophene rings is 1. The Morgan fingerprint density at radius 1 is 1.21 bits per heavy atom. The van der Waals surface area contributed by atoms with E-state index in [2.05, 4.69) is 18.3 Å². The number of hydrogen-bond acceptors (Lipinski definition) is 4. The second-order valence-electron chi connectivity index (χ2n) is 8.05. The van der Waals surface area contributed by atoms with Crippen LogP contribution < -0.4 is 10.2 Å². The van der Waals surface area contributed by atoms with Gasteiger partial charge in [-0.15, -0.1) is 11.3 Å². The number of nitrogens with one attached hydrogen (secondary N) is 2. The molecular formula is C23H31N2O3S+. The Balaban J connectivity index is 1.83. The van der Waals surface area contributed by atoms with Crippen molar-refractivity contribution in [1.82, 2.24) is 0 Å². The van der Waals surface area contributed by atoms with Crippen LogP contribution in [0.4, 0.5) is 5.00 Å². The summed E-state index contributed by atoms with van der Waals surface area (Å²) in [5.41, 5.74) is 4.54. The number of rotatable bonds is 6. The molecule has 0 atom stereocenters. The number of carbonyl (C=O) groups excluding carboxylic acids is 2. The highest BCUT2D eigenvalue weighted by atomic mass is 32.1. The average Bonchev–Trinajstić information content (AvgIpc) is 3.07. The fourth-order valence-corrected chi connectivity index (χ4v) is 4.88. The Labute approximate surface area is 177 Å². The topological polar surface area (TPSA) is 59.8 Å². The van der Waals surface area contributed by atoms with Crippen LogP contribution >= 0.6 is 11.3 Å². The quantitative estimate of drug-likeness (QED) is 0.711. The average molecular weight is 416 g/mol. The predicted octanol–water partition coefficient (Wildman–Crippen LogP) is 3.46. The summed E-state index contributed by atoms with van der Waals surface area (Å²) >= 11 is 1.39. The number of piperidine rings is 1.